The molecule has 2 N–H and O–H groups in total. The van der Waals surface area contributed by atoms with Crippen LogP contribution in [0, 0.1) is 0 Å². The Morgan fingerprint density at radius 3 is 2.55 bits per heavy atom. The second-order valence-electron chi connectivity index (χ2n) is 4.96. The number of aryl methyl sites for hydroxylation is 1. The number of carbonyl (C=O) groups excluding carboxylic acids is 1. The molecule has 1 aromatic heterocycles. The van der Waals surface area contributed by atoms with E-state index in [0.717, 1.165) is 22.4 Å². The van der Waals surface area contributed by atoms with Crippen LogP contribution in [0.1, 0.15) is 17.8 Å². The van der Waals surface area contributed by atoms with E-state index in [1.807, 2.05) is 54.6 Å². The number of carbonyl (C=O) groups is 1. The van der Waals surface area contributed by atoms with Crippen molar-refractivity contribution < 1.29 is 4.79 Å². The van der Waals surface area contributed by atoms with Crippen LogP contribution in [-0.2, 0) is 17.8 Å². The summed E-state index contributed by atoms with van der Waals surface area (Å²) in [7, 11) is 0. The van der Waals surface area contributed by atoms with Gasteiger partial charge in [0.05, 0.1) is 11.0 Å². The molecule has 0 saturated carbocycles. The van der Waals surface area contributed by atoms with Crippen LogP contribution in [-0.4, -0.2) is 15.9 Å². The number of aromatic nitrogens is 2. The number of para-hydroxylation sites is 2. The van der Waals surface area contributed by atoms with Crippen molar-refractivity contribution in [3.8, 4) is 0 Å². The van der Waals surface area contributed by atoms with Crippen molar-refractivity contribution in [2.45, 2.75) is 19.4 Å². The van der Waals surface area contributed by atoms with Gasteiger partial charge in [-0.2, -0.15) is 0 Å². The van der Waals surface area contributed by atoms with Crippen LogP contribution in [0.5, 0.6) is 0 Å². The zero-order valence-corrected chi connectivity index (χ0v) is 12.9. The third-order valence-electron chi connectivity index (χ3n) is 3.36. The van der Waals surface area contributed by atoms with E-state index in [1.165, 1.54) is 0 Å². The van der Waals surface area contributed by atoms with Gasteiger partial charge in [-0.15, -0.1) is 12.4 Å². The molecule has 0 aliphatic heterocycles. The Labute approximate surface area is 135 Å². The molecule has 2 aromatic carbocycles. The van der Waals surface area contributed by atoms with Gasteiger partial charge in [-0.1, -0.05) is 42.5 Å². The molecule has 0 fully saturated rings. The lowest BCUT2D eigenvalue weighted by atomic mass is 10.2. The van der Waals surface area contributed by atoms with Crippen molar-refractivity contribution in [2.75, 3.05) is 0 Å². The molecule has 0 atom stereocenters. The van der Waals surface area contributed by atoms with E-state index < -0.39 is 0 Å². The first kappa shape index (κ1) is 16.0. The molecule has 1 heterocycles. The summed E-state index contributed by atoms with van der Waals surface area (Å²) in [5.74, 6) is 0.894. The number of rotatable bonds is 5. The maximum absolute atomic E-state index is 11.9. The van der Waals surface area contributed by atoms with E-state index in [2.05, 4.69) is 15.3 Å². The average molecular weight is 316 g/mol. The fourth-order valence-corrected chi connectivity index (χ4v) is 2.24. The number of aromatic amines is 1. The monoisotopic (exact) mass is 315 g/mol. The van der Waals surface area contributed by atoms with E-state index in [-0.39, 0.29) is 18.3 Å². The molecule has 0 spiro atoms. The number of benzene rings is 2. The summed E-state index contributed by atoms with van der Waals surface area (Å²) in [4.78, 5) is 19.6. The summed E-state index contributed by atoms with van der Waals surface area (Å²) in [5.41, 5.74) is 3.06. The summed E-state index contributed by atoms with van der Waals surface area (Å²) in [6, 6.07) is 17.8. The predicted molar refractivity (Wildman–Crippen MR) is 90.0 cm³/mol. The summed E-state index contributed by atoms with van der Waals surface area (Å²) in [6.07, 6.45) is 1.06. The minimum Gasteiger partial charge on any atom is -0.352 e. The van der Waals surface area contributed by atoms with Gasteiger partial charge in [0.25, 0.3) is 0 Å². The zero-order chi connectivity index (χ0) is 14.5. The van der Waals surface area contributed by atoms with Crippen LogP contribution in [0.3, 0.4) is 0 Å². The highest BCUT2D eigenvalue weighted by Gasteiger charge is 2.06. The average Bonchev–Trinajstić information content (AvgIpc) is 2.95. The molecule has 22 heavy (non-hydrogen) atoms. The Kier molecular flexibility index (Phi) is 5.55. The van der Waals surface area contributed by atoms with Gasteiger partial charge in [0.2, 0.25) is 5.91 Å². The maximum Gasteiger partial charge on any atom is 0.220 e. The number of H-pyrrole nitrogens is 1. The third-order valence-corrected chi connectivity index (χ3v) is 3.36. The molecule has 3 aromatic rings. The Morgan fingerprint density at radius 1 is 1.05 bits per heavy atom. The van der Waals surface area contributed by atoms with Crippen LogP contribution in [0.4, 0.5) is 0 Å². The predicted octanol–water partition coefficient (Wildman–Crippen LogP) is 3.23. The minimum absolute atomic E-state index is 0. The van der Waals surface area contributed by atoms with Gasteiger partial charge in [0.1, 0.15) is 5.82 Å². The largest absolute Gasteiger partial charge is 0.352 e. The number of hydrogen-bond donors (Lipinski definition) is 2. The molecule has 1 amide bonds. The van der Waals surface area contributed by atoms with Crippen LogP contribution in [0.15, 0.2) is 54.6 Å². The van der Waals surface area contributed by atoms with Crippen LogP contribution < -0.4 is 5.32 Å². The number of hydrogen-bond acceptors (Lipinski definition) is 2. The first-order valence-electron chi connectivity index (χ1n) is 7.05. The van der Waals surface area contributed by atoms with E-state index >= 15 is 0 Å². The highest BCUT2D eigenvalue weighted by atomic mass is 35.5. The maximum atomic E-state index is 11.9. The summed E-state index contributed by atoms with van der Waals surface area (Å²) in [6.45, 7) is 0.569. The second kappa shape index (κ2) is 7.61. The van der Waals surface area contributed by atoms with Crippen molar-refractivity contribution >= 4 is 29.3 Å². The van der Waals surface area contributed by atoms with Crippen LogP contribution in [0.2, 0.25) is 0 Å². The molecular formula is C17H18ClN3O. The minimum atomic E-state index is 0. The van der Waals surface area contributed by atoms with Crippen molar-refractivity contribution in [3.63, 3.8) is 0 Å². The van der Waals surface area contributed by atoms with E-state index in [0.29, 0.717) is 19.4 Å². The van der Waals surface area contributed by atoms with Gasteiger partial charge in [-0.05, 0) is 17.7 Å². The van der Waals surface area contributed by atoms with Crippen LogP contribution in [0.25, 0.3) is 11.0 Å². The van der Waals surface area contributed by atoms with Gasteiger partial charge in [0, 0.05) is 19.4 Å². The Bertz CT molecular complexity index is 707. The number of amides is 1. The molecule has 0 aliphatic rings. The molecule has 0 radical (unpaired) electrons. The summed E-state index contributed by atoms with van der Waals surface area (Å²) < 4.78 is 0. The molecule has 5 heteroatoms. The van der Waals surface area contributed by atoms with Crippen molar-refractivity contribution in [3.05, 3.63) is 66.0 Å². The molecule has 0 saturated heterocycles. The Hall–Kier alpha value is -2.33. The van der Waals surface area contributed by atoms with Crippen LogP contribution >= 0.6 is 12.4 Å². The molecule has 3 rings (SSSR count). The van der Waals surface area contributed by atoms with Gasteiger partial charge >= 0.3 is 0 Å². The van der Waals surface area contributed by atoms with Crippen molar-refractivity contribution in [1.29, 1.82) is 0 Å². The summed E-state index contributed by atoms with van der Waals surface area (Å²) >= 11 is 0. The quantitative estimate of drug-likeness (QED) is 0.759. The SMILES string of the molecule is Cl.O=C(CCc1nc2ccccc2[nH]1)NCc1ccccc1. The fourth-order valence-electron chi connectivity index (χ4n) is 2.24. The van der Waals surface area contributed by atoms with Gasteiger partial charge in [-0.25, -0.2) is 4.98 Å². The fraction of sp³-hybridized carbons (Fsp3) is 0.176. The first-order chi connectivity index (χ1) is 10.3. The number of nitrogens with zero attached hydrogens (tertiary/aromatic N) is 1. The lowest BCUT2D eigenvalue weighted by molar-refractivity contribution is -0.121. The highest BCUT2D eigenvalue weighted by Crippen LogP contribution is 2.11. The number of halogens is 1. The number of imidazole rings is 1. The van der Waals surface area contributed by atoms with Crippen molar-refractivity contribution in [1.82, 2.24) is 15.3 Å². The number of fused-ring (bicyclic) bond motifs is 1. The van der Waals surface area contributed by atoms with E-state index in [1.54, 1.807) is 0 Å². The third kappa shape index (κ3) is 4.09. The van der Waals surface area contributed by atoms with Gasteiger partial charge in [0.15, 0.2) is 0 Å². The van der Waals surface area contributed by atoms with E-state index in [9.17, 15) is 4.79 Å². The Morgan fingerprint density at radius 2 is 1.77 bits per heavy atom. The lowest BCUT2D eigenvalue weighted by Gasteiger charge is -2.04. The molecule has 0 aliphatic carbocycles. The zero-order valence-electron chi connectivity index (χ0n) is 12.1. The molecule has 4 nitrogen and oxygen atoms in total. The molecule has 0 unspecified atom stereocenters. The van der Waals surface area contributed by atoms with E-state index in [4.69, 9.17) is 0 Å². The summed E-state index contributed by atoms with van der Waals surface area (Å²) in [5, 5.41) is 2.92. The second-order valence-corrected chi connectivity index (χ2v) is 4.96. The molecule has 114 valence electrons. The normalized spacial score (nSPS) is 10.2. The Balaban J connectivity index is 0.00000176. The topological polar surface area (TPSA) is 57.8 Å². The highest BCUT2D eigenvalue weighted by molar-refractivity contribution is 5.85. The first-order valence-corrected chi connectivity index (χ1v) is 7.05. The molecule has 0 bridgehead atoms. The number of nitrogens with one attached hydrogen (secondary N) is 2. The standard InChI is InChI=1S/C17H17N3O.ClH/c21-17(18-12-13-6-2-1-3-7-13)11-10-16-19-14-8-4-5-9-15(14)20-16;/h1-9H,10-12H2,(H,18,21)(H,19,20);1H. The lowest BCUT2D eigenvalue weighted by Crippen LogP contribution is -2.23. The van der Waals surface area contributed by atoms with Gasteiger partial charge in [-0.3, -0.25) is 4.79 Å². The van der Waals surface area contributed by atoms with Gasteiger partial charge < -0.3 is 10.3 Å². The molecular weight excluding hydrogens is 298 g/mol. The van der Waals surface area contributed by atoms with Crippen molar-refractivity contribution in [2.24, 2.45) is 0 Å². The smallest absolute Gasteiger partial charge is 0.220 e.